The molecule has 180 valence electrons. The van der Waals surface area contributed by atoms with Crippen molar-refractivity contribution in [1.82, 2.24) is 10.6 Å². The summed E-state index contributed by atoms with van der Waals surface area (Å²) in [7, 11) is 0. The summed E-state index contributed by atoms with van der Waals surface area (Å²) >= 11 is 0. The first kappa shape index (κ1) is 22.7. The van der Waals surface area contributed by atoms with Gasteiger partial charge in [-0.05, 0) is 68.8 Å². The minimum absolute atomic E-state index is 0.0798. The van der Waals surface area contributed by atoms with Gasteiger partial charge in [0.05, 0.1) is 0 Å². The fraction of sp³-hybridized carbons (Fsp3) is 0.0909. The van der Waals surface area contributed by atoms with Gasteiger partial charge in [0.1, 0.15) is 0 Å². The summed E-state index contributed by atoms with van der Waals surface area (Å²) in [5, 5.41) is 8.15. The van der Waals surface area contributed by atoms with Crippen molar-refractivity contribution in [3.8, 4) is 11.1 Å². The first-order valence-corrected chi connectivity index (χ1v) is 12.5. The molecular formula is C33H26N2O2. The Balaban J connectivity index is 1.28. The van der Waals surface area contributed by atoms with Gasteiger partial charge in [-0.2, -0.15) is 0 Å². The Bertz CT molecular complexity index is 1630. The van der Waals surface area contributed by atoms with E-state index in [0.29, 0.717) is 30.6 Å². The maximum Gasteiger partial charge on any atom is 0.252 e. The van der Waals surface area contributed by atoms with E-state index in [1.165, 1.54) is 5.56 Å². The van der Waals surface area contributed by atoms with Crippen LogP contribution in [-0.2, 0) is 19.5 Å². The third kappa shape index (κ3) is 4.50. The van der Waals surface area contributed by atoms with Crippen molar-refractivity contribution in [3.05, 3.63) is 143 Å². The van der Waals surface area contributed by atoms with Gasteiger partial charge in [0.25, 0.3) is 11.8 Å². The number of amides is 2. The summed E-state index contributed by atoms with van der Waals surface area (Å²) in [4.78, 5) is 26.0. The van der Waals surface area contributed by atoms with Crippen LogP contribution in [0.25, 0.3) is 21.9 Å². The summed E-state index contributed by atoms with van der Waals surface area (Å²) in [6.07, 6.45) is 0.717. The highest BCUT2D eigenvalue weighted by Gasteiger charge is 2.22. The Morgan fingerprint density at radius 2 is 1.27 bits per heavy atom. The number of carbonyl (C=O) groups excluding carboxylic acids is 2. The molecule has 2 N–H and O–H groups in total. The van der Waals surface area contributed by atoms with E-state index in [9.17, 15) is 9.59 Å². The second kappa shape index (κ2) is 9.75. The molecule has 0 unspecified atom stereocenters. The maximum atomic E-state index is 13.1. The van der Waals surface area contributed by atoms with Crippen LogP contribution in [0.3, 0.4) is 0 Å². The van der Waals surface area contributed by atoms with Gasteiger partial charge in [-0.3, -0.25) is 9.59 Å². The standard InChI is InChI=1S/C33H26N2O2/c36-32(34-20-22-8-3-1-4-9-22)25-15-16-27-26(19-25)18-24-14-17-30(29-13-7-12-28(27)31(24)29)33(37)35-21-23-10-5-2-6-11-23/h1-17,19H,18,20-21H2,(H,34,36)(H,35,37). The van der Waals surface area contributed by atoms with Gasteiger partial charge in [-0.1, -0.05) is 91.0 Å². The second-order valence-electron chi connectivity index (χ2n) is 9.39. The van der Waals surface area contributed by atoms with Gasteiger partial charge in [0, 0.05) is 24.2 Å². The van der Waals surface area contributed by atoms with Crippen molar-refractivity contribution < 1.29 is 9.59 Å². The minimum atomic E-state index is -0.0823. The lowest BCUT2D eigenvalue weighted by Gasteiger charge is -2.23. The molecule has 5 aromatic carbocycles. The smallest absolute Gasteiger partial charge is 0.252 e. The van der Waals surface area contributed by atoms with Gasteiger partial charge in [-0.25, -0.2) is 0 Å². The lowest BCUT2D eigenvalue weighted by molar-refractivity contribution is 0.0943. The van der Waals surface area contributed by atoms with Gasteiger partial charge >= 0.3 is 0 Å². The van der Waals surface area contributed by atoms with Crippen LogP contribution in [0.15, 0.2) is 109 Å². The van der Waals surface area contributed by atoms with Crippen molar-refractivity contribution in [3.63, 3.8) is 0 Å². The Hall–Kier alpha value is -4.70. The number of hydrogen-bond donors (Lipinski definition) is 2. The van der Waals surface area contributed by atoms with E-state index >= 15 is 0 Å². The zero-order valence-electron chi connectivity index (χ0n) is 20.3. The van der Waals surface area contributed by atoms with Gasteiger partial charge in [0.15, 0.2) is 0 Å². The van der Waals surface area contributed by atoms with Crippen molar-refractivity contribution in [1.29, 1.82) is 0 Å². The highest BCUT2D eigenvalue weighted by molar-refractivity contribution is 6.12. The third-order valence-corrected chi connectivity index (χ3v) is 7.00. The number of carbonyl (C=O) groups is 2. The summed E-state index contributed by atoms with van der Waals surface area (Å²) in [5.41, 5.74) is 7.96. The summed E-state index contributed by atoms with van der Waals surface area (Å²) < 4.78 is 0. The number of nitrogens with one attached hydrogen (secondary N) is 2. The molecule has 37 heavy (non-hydrogen) atoms. The second-order valence-corrected chi connectivity index (χ2v) is 9.39. The molecule has 0 saturated heterocycles. The van der Waals surface area contributed by atoms with Crippen LogP contribution < -0.4 is 10.6 Å². The highest BCUT2D eigenvalue weighted by Crippen LogP contribution is 2.40. The molecule has 4 heteroatoms. The normalized spacial score (nSPS) is 11.6. The SMILES string of the molecule is O=C(NCc1ccccc1)c1ccc2c(c1)Cc1ccc(C(=O)NCc3ccccc3)c3cccc-2c13. The molecule has 2 amide bonds. The minimum Gasteiger partial charge on any atom is -0.348 e. The molecule has 0 saturated carbocycles. The molecule has 1 aliphatic carbocycles. The molecule has 0 fully saturated rings. The molecule has 0 spiro atoms. The van der Waals surface area contributed by atoms with E-state index in [0.717, 1.165) is 38.6 Å². The van der Waals surface area contributed by atoms with Crippen LogP contribution in [0.2, 0.25) is 0 Å². The van der Waals surface area contributed by atoms with Crippen LogP contribution in [0.5, 0.6) is 0 Å². The van der Waals surface area contributed by atoms with Crippen molar-refractivity contribution in [2.24, 2.45) is 0 Å². The predicted molar refractivity (Wildman–Crippen MR) is 147 cm³/mol. The van der Waals surface area contributed by atoms with E-state index < -0.39 is 0 Å². The third-order valence-electron chi connectivity index (χ3n) is 7.00. The summed E-state index contributed by atoms with van der Waals surface area (Å²) in [6.45, 7) is 0.981. The summed E-state index contributed by atoms with van der Waals surface area (Å²) in [5.74, 6) is -0.162. The largest absolute Gasteiger partial charge is 0.348 e. The molecule has 0 atom stereocenters. The Morgan fingerprint density at radius 1 is 0.595 bits per heavy atom. The average Bonchev–Trinajstić information content (AvgIpc) is 2.95. The van der Waals surface area contributed by atoms with E-state index in [-0.39, 0.29) is 11.8 Å². The Kier molecular flexibility index (Phi) is 5.99. The summed E-state index contributed by atoms with van der Waals surface area (Å²) in [6, 6.07) is 35.8. The molecule has 0 heterocycles. The number of rotatable bonds is 6. The van der Waals surface area contributed by atoms with E-state index in [1.54, 1.807) is 0 Å². The molecule has 4 nitrogen and oxygen atoms in total. The Morgan fingerprint density at radius 3 is 1.97 bits per heavy atom. The molecule has 0 bridgehead atoms. The fourth-order valence-corrected chi connectivity index (χ4v) is 5.15. The van der Waals surface area contributed by atoms with Gasteiger partial charge in [-0.15, -0.1) is 0 Å². The molecule has 1 aliphatic rings. The lowest BCUT2D eigenvalue weighted by Crippen LogP contribution is -2.23. The molecule has 0 aliphatic heterocycles. The molecular weight excluding hydrogens is 456 g/mol. The van der Waals surface area contributed by atoms with E-state index in [1.807, 2.05) is 103 Å². The molecule has 0 aromatic heterocycles. The topological polar surface area (TPSA) is 58.2 Å². The van der Waals surface area contributed by atoms with Crippen molar-refractivity contribution in [2.45, 2.75) is 19.5 Å². The number of fused-ring (bicyclic) bond motifs is 2. The highest BCUT2D eigenvalue weighted by atomic mass is 16.2. The Labute approximate surface area is 216 Å². The van der Waals surface area contributed by atoms with Crippen LogP contribution in [0.4, 0.5) is 0 Å². The van der Waals surface area contributed by atoms with Gasteiger partial charge < -0.3 is 10.6 Å². The zero-order chi connectivity index (χ0) is 25.2. The van der Waals surface area contributed by atoms with Crippen LogP contribution >= 0.6 is 0 Å². The maximum absolute atomic E-state index is 13.1. The fourth-order valence-electron chi connectivity index (χ4n) is 5.15. The van der Waals surface area contributed by atoms with Crippen LogP contribution in [-0.4, -0.2) is 11.8 Å². The quantitative estimate of drug-likeness (QED) is 0.294. The first-order chi connectivity index (χ1) is 18.2. The first-order valence-electron chi connectivity index (χ1n) is 12.5. The van der Waals surface area contributed by atoms with Crippen LogP contribution in [0, 0.1) is 0 Å². The zero-order valence-corrected chi connectivity index (χ0v) is 20.3. The lowest BCUT2D eigenvalue weighted by atomic mass is 9.82. The molecule has 6 rings (SSSR count). The number of benzene rings is 5. The number of hydrogen-bond acceptors (Lipinski definition) is 2. The monoisotopic (exact) mass is 482 g/mol. The van der Waals surface area contributed by atoms with E-state index in [2.05, 4.69) is 16.7 Å². The predicted octanol–water partition coefficient (Wildman–Crippen LogP) is 6.27. The van der Waals surface area contributed by atoms with Crippen molar-refractivity contribution >= 4 is 22.6 Å². The molecule has 5 aromatic rings. The van der Waals surface area contributed by atoms with Gasteiger partial charge in [0.2, 0.25) is 0 Å². The van der Waals surface area contributed by atoms with E-state index in [4.69, 9.17) is 0 Å². The molecule has 0 radical (unpaired) electrons. The average molecular weight is 483 g/mol. The van der Waals surface area contributed by atoms with Crippen molar-refractivity contribution in [2.75, 3.05) is 0 Å². The van der Waals surface area contributed by atoms with Crippen LogP contribution in [0.1, 0.15) is 43.0 Å².